The van der Waals surface area contributed by atoms with Gasteiger partial charge in [-0.15, -0.1) is 0 Å². The molecule has 7 nitrogen and oxygen atoms in total. The van der Waals surface area contributed by atoms with Gasteiger partial charge in [0.15, 0.2) is 6.61 Å². The zero-order valence-corrected chi connectivity index (χ0v) is 18.2. The van der Waals surface area contributed by atoms with Crippen LogP contribution >= 0.6 is 11.6 Å². The topological polar surface area (TPSA) is 88.2 Å². The zero-order chi connectivity index (χ0) is 22.9. The Kier molecular flexibility index (Phi) is 7.79. The van der Waals surface area contributed by atoms with Gasteiger partial charge in [0.2, 0.25) is 0 Å². The van der Waals surface area contributed by atoms with E-state index in [1.807, 2.05) is 54.7 Å². The van der Waals surface area contributed by atoms with Gasteiger partial charge in [-0.1, -0.05) is 41.9 Å². The first-order chi connectivity index (χ1) is 15.5. The number of rotatable bonds is 8. The zero-order valence-electron chi connectivity index (χ0n) is 17.4. The summed E-state index contributed by atoms with van der Waals surface area (Å²) in [6.07, 6.45) is 4.88. The fourth-order valence-corrected chi connectivity index (χ4v) is 2.97. The minimum atomic E-state index is -0.651. The van der Waals surface area contributed by atoms with Crippen LogP contribution in [0.4, 0.5) is 0 Å². The Hall–Kier alpha value is -3.89. The molecule has 0 saturated carbocycles. The van der Waals surface area contributed by atoms with Crippen LogP contribution in [0.15, 0.2) is 66.9 Å². The van der Waals surface area contributed by atoms with Gasteiger partial charge in [0.05, 0.1) is 23.9 Å². The first kappa shape index (κ1) is 22.8. The standard InChI is InChI=1S/C24H21ClN4O3/c1-28(15-5-14-26)22(30)17-32-23(31)13-10-19-16-29(21-6-3-2-4-7-21)27-24(19)18-8-11-20(25)12-9-18/h2-4,6-13,16H,5,15,17H2,1H3/b13-10+. The summed E-state index contributed by atoms with van der Waals surface area (Å²) in [6, 6.07) is 18.8. The number of halogens is 1. The van der Waals surface area contributed by atoms with E-state index < -0.39 is 12.6 Å². The van der Waals surface area contributed by atoms with Gasteiger partial charge in [-0.25, -0.2) is 9.48 Å². The van der Waals surface area contributed by atoms with Crippen molar-refractivity contribution in [2.75, 3.05) is 20.2 Å². The van der Waals surface area contributed by atoms with E-state index in [1.165, 1.54) is 11.0 Å². The van der Waals surface area contributed by atoms with Crippen molar-refractivity contribution in [2.24, 2.45) is 0 Å². The Labute approximate surface area is 191 Å². The van der Waals surface area contributed by atoms with Crippen molar-refractivity contribution in [2.45, 2.75) is 6.42 Å². The minimum Gasteiger partial charge on any atom is -0.452 e. The fraction of sp³-hybridized carbons (Fsp3) is 0.167. The van der Waals surface area contributed by atoms with Gasteiger partial charge in [-0.05, 0) is 30.3 Å². The lowest BCUT2D eigenvalue weighted by Crippen LogP contribution is -2.31. The van der Waals surface area contributed by atoms with Crippen molar-refractivity contribution in [1.82, 2.24) is 14.7 Å². The molecule has 0 aliphatic carbocycles. The Bertz CT molecular complexity index is 1150. The fourth-order valence-electron chi connectivity index (χ4n) is 2.85. The van der Waals surface area contributed by atoms with E-state index in [9.17, 15) is 9.59 Å². The number of nitrogens with zero attached hydrogens (tertiary/aromatic N) is 4. The van der Waals surface area contributed by atoms with E-state index in [1.54, 1.807) is 29.9 Å². The summed E-state index contributed by atoms with van der Waals surface area (Å²) in [7, 11) is 1.56. The SMILES string of the molecule is CN(CCC#N)C(=O)COC(=O)/C=C/c1cn(-c2ccccc2)nc1-c1ccc(Cl)cc1. The Morgan fingerprint density at radius 2 is 1.91 bits per heavy atom. The van der Waals surface area contributed by atoms with Crippen molar-refractivity contribution >= 4 is 29.6 Å². The lowest BCUT2D eigenvalue weighted by molar-refractivity contribution is -0.147. The lowest BCUT2D eigenvalue weighted by Gasteiger charge is -2.14. The van der Waals surface area contributed by atoms with Gasteiger partial charge in [0.25, 0.3) is 5.91 Å². The second kappa shape index (κ2) is 10.9. The van der Waals surface area contributed by atoms with E-state index in [2.05, 4.69) is 5.10 Å². The number of hydrogen-bond acceptors (Lipinski definition) is 5. The Balaban J connectivity index is 1.77. The van der Waals surface area contributed by atoms with Gasteiger partial charge in [-0.3, -0.25) is 4.79 Å². The highest BCUT2D eigenvalue weighted by Gasteiger charge is 2.13. The highest BCUT2D eigenvalue weighted by molar-refractivity contribution is 6.30. The number of aromatic nitrogens is 2. The van der Waals surface area contributed by atoms with Crippen LogP contribution in [-0.4, -0.2) is 46.8 Å². The molecule has 1 amide bonds. The number of amides is 1. The maximum absolute atomic E-state index is 12.1. The lowest BCUT2D eigenvalue weighted by atomic mass is 10.1. The van der Waals surface area contributed by atoms with Crippen LogP contribution in [0, 0.1) is 11.3 Å². The maximum Gasteiger partial charge on any atom is 0.331 e. The largest absolute Gasteiger partial charge is 0.452 e. The molecule has 0 radical (unpaired) electrons. The van der Waals surface area contributed by atoms with Gasteiger partial charge >= 0.3 is 5.97 Å². The van der Waals surface area contributed by atoms with E-state index in [-0.39, 0.29) is 18.9 Å². The molecule has 8 heteroatoms. The van der Waals surface area contributed by atoms with Crippen LogP contribution in [0.25, 0.3) is 23.0 Å². The van der Waals surface area contributed by atoms with Crippen molar-refractivity contribution in [1.29, 1.82) is 5.26 Å². The monoisotopic (exact) mass is 448 g/mol. The second-order valence-corrected chi connectivity index (χ2v) is 7.32. The predicted octanol–water partition coefficient (Wildman–Crippen LogP) is 4.12. The molecule has 0 saturated heterocycles. The van der Waals surface area contributed by atoms with Gasteiger partial charge < -0.3 is 9.64 Å². The van der Waals surface area contributed by atoms with E-state index >= 15 is 0 Å². The quantitative estimate of drug-likeness (QED) is 0.382. The maximum atomic E-state index is 12.1. The van der Waals surface area contributed by atoms with Crippen molar-refractivity contribution in [3.63, 3.8) is 0 Å². The number of likely N-dealkylation sites (N-methyl/N-ethyl adjacent to an activating group) is 1. The number of nitriles is 1. The van der Waals surface area contributed by atoms with Crippen LogP contribution in [0.5, 0.6) is 0 Å². The van der Waals surface area contributed by atoms with Crippen LogP contribution in [0.2, 0.25) is 5.02 Å². The predicted molar refractivity (Wildman–Crippen MR) is 122 cm³/mol. The molecule has 0 bridgehead atoms. The molecule has 162 valence electrons. The average Bonchev–Trinajstić information content (AvgIpc) is 3.25. The molecule has 2 aromatic carbocycles. The summed E-state index contributed by atoms with van der Waals surface area (Å²) >= 11 is 6.01. The summed E-state index contributed by atoms with van der Waals surface area (Å²) in [5.74, 6) is -1.03. The number of ether oxygens (including phenoxy) is 1. The molecule has 0 aliphatic heterocycles. The summed E-state index contributed by atoms with van der Waals surface area (Å²) in [5, 5.41) is 13.9. The summed E-state index contributed by atoms with van der Waals surface area (Å²) in [5.41, 5.74) is 3.08. The third kappa shape index (κ3) is 6.06. The third-order valence-corrected chi connectivity index (χ3v) is 4.85. The molecule has 0 fully saturated rings. The van der Waals surface area contributed by atoms with E-state index in [4.69, 9.17) is 21.6 Å². The first-order valence-corrected chi connectivity index (χ1v) is 10.2. The molecular formula is C24H21ClN4O3. The minimum absolute atomic E-state index is 0.217. The van der Waals surface area contributed by atoms with E-state index in [0.29, 0.717) is 16.3 Å². The number of hydrogen-bond donors (Lipinski definition) is 0. The van der Waals surface area contributed by atoms with Gasteiger partial charge in [-0.2, -0.15) is 10.4 Å². The highest BCUT2D eigenvalue weighted by atomic mass is 35.5. The second-order valence-electron chi connectivity index (χ2n) is 6.88. The van der Waals surface area contributed by atoms with Crippen molar-refractivity contribution in [3.8, 4) is 23.0 Å². The van der Waals surface area contributed by atoms with Crippen LogP contribution < -0.4 is 0 Å². The first-order valence-electron chi connectivity index (χ1n) is 9.84. The van der Waals surface area contributed by atoms with Crippen molar-refractivity contribution < 1.29 is 14.3 Å². The summed E-state index contributed by atoms with van der Waals surface area (Å²) < 4.78 is 6.76. The number of carbonyl (C=O) groups excluding carboxylic acids is 2. The van der Waals surface area contributed by atoms with Crippen LogP contribution in [0.3, 0.4) is 0 Å². The molecule has 32 heavy (non-hydrogen) atoms. The number of para-hydroxylation sites is 1. The highest BCUT2D eigenvalue weighted by Crippen LogP contribution is 2.26. The Morgan fingerprint density at radius 3 is 2.59 bits per heavy atom. The smallest absolute Gasteiger partial charge is 0.331 e. The molecular weight excluding hydrogens is 428 g/mol. The molecule has 0 N–H and O–H groups in total. The summed E-state index contributed by atoms with van der Waals surface area (Å²) in [4.78, 5) is 25.4. The van der Waals surface area contributed by atoms with Crippen molar-refractivity contribution in [3.05, 3.63) is 77.5 Å². The number of carbonyl (C=O) groups is 2. The normalized spacial score (nSPS) is 10.7. The molecule has 0 spiro atoms. The Morgan fingerprint density at radius 1 is 1.19 bits per heavy atom. The molecule has 3 rings (SSSR count). The molecule has 1 heterocycles. The molecule has 0 aliphatic rings. The third-order valence-electron chi connectivity index (χ3n) is 4.60. The molecule has 3 aromatic rings. The average molecular weight is 449 g/mol. The van der Waals surface area contributed by atoms with Gasteiger partial charge in [0.1, 0.15) is 0 Å². The number of esters is 1. The number of benzene rings is 2. The summed E-state index contributed by atoms with van der Waals surface area (Å²) in [6.45, 7) is -0.107. The molecule has 0 unspecified atom stereocenters. The van der Waals surface area contributed by atoms with Crippen LogP contribution in [0.1, 0.15) is 12.0 Å². The van der Waals surface area contributed by atoms with E-state index in [0.717, 1.165) is 11.3 Å². The molecule has 1 aromatic heterocycles. The van der Waals surface area contributed by atoms with Gasteiger partial charge in [0, 0.05) is 42.0 Å². The molecule has 0 atom stereocenters. The van der Waals surface area contributed by atoms with Crippen LogP contribution in [-0.2, 0) is 14.3 Å².